The van der Waals surface area contributed by atoms with Gasteiger partial charge in [0.1, 0.15) is 11.8 Å². The van der Waals surface area contributed by atoms with Crippen LogP contribution in [0.1, 0.15) is 25.3 Å². The molecule has 1 aromatic carbocycles. The summed E-state index contributed by atoms with van der Waals surface area (Å²) in [6.07, 6.45) is 1.49. The van der Waals surface area contributed by atoms with Crippen molar-refractivity contribution in [3.63, 3.8) is 0 Å². The second-order valence-electron chi connectivity index (χ2n) is 4.30. The Bertz CT molecular complexity index is 506. The van der Waals surface area contributed by atoms with Crippen LogP contribution >= 0.6 is 15.9 Å². The van der Waals surface area contributed by atoms with Crippen LogP contribution in [0.3, 0.4) is 0 Å². The van der Waals surface area contributed by atoms with Crippen molar-refractivity contribution in [3.05, 3.63) is 28.2 Å². The van der Waals surface area contributed by atoms with Gasteiger partial charge in [-0.25, -0.2) is 0 Å². The van der Waals surface area contributed by atoms with E-state index in [4.69, 9.17) is 10.00 Å². The number of hydrogen-bond acceptors (Lipinski definition) is 3. The van der Waals surface area contributed by atoms with Crippen LogP contribution in [0.5, 0.6) is 5.75 Å². The topological polar surface area (TPSA) is 62.1 Å². The van der Waals surface area contributed by atoms with Gasteiger partial charge in [-0.05, 0) is 38.0 Å². The van der Waals surface area contributed by atoms with Crippen LogP contribution in [-0.4, -0.2) is 18.1 Å². The van der Waals surface area contributed by atoms with Gasteiger partial charge in [0.15, 0.2) is 6.10 Å². The number of nitrogens with zero attached hydrogens (tertiary/aromatic N) is 1. The summed E-state index contributed by atoms with van der Waals surface area (Å²) in [6.45, 7) is 1.68. The van der Waals surface area contributed by atoms with Crippen molar-refractivity contribution < 1.29 is 9.53 Å². The summed E-state index contributed by atoms with van der Waals surface area (Å²) in [5.41, 5.74) is 0.412. The fraction of sp³-hybridized carbons (Fsp3) is 0.385. The van der Waals surface area contributed by atoms with Gasteiger partial charge in [0, 0.05) is 10.5 Å². The maximum Gasteiger partial charge on any atom is 0.260 e. The van der Waals surface area contributed by atoms with Crippen LogP contribution in [-0.2, 0) is 4.79 Å². The molecule has 1 aliphatic rings. The molecule has 5 heteroatoms. The molecule has 1 aromatic rings. The lowest BCUT2D eigenvalue weighted by Gasteiger charge is -2.15. The number of nitrogens with one attached hydrogen (secondary N) is 1. The molecular weight excluding hydrogens is 296 g/mol. The fourth-order valence-electron chi connectivity index (χ4n) is 1.48. The largest absolute Gasteiger partial charge is 0.480 e. The molecule has 2 rings (SSSR count). The molecule has 0 radical (unpaired) electrons. The Kier molecular flexibility index (Phi) is 3.87. The Morgan fingerprint density at radius 1 is 1.61 bits per heavy atom. The molecule has 0 aromatic heterocycles. The van der Waals surface area contributed by atoms with Gasteiger partial charge in [-0.3, -0.25) is 4.79 Å². The molecule has 0 bridgehead atoms. The summed E-state index contributed by atoms with van der Waals surface area (Å²) in [7, 11) is 0. The van der Waals surface area contributed by atoms with Crippen LogP contribution in [0.25, 0.3) is 0 Å². The number of benzene rings is 1. The van der Waals surface area contributed by atoms with Gasteiger partial charge in [-0.2, -0.15) is 5.26 Å². The molecular formula is C13H13BrN2O2. The van der Waals surface area contributed by atoms with E-state index < -0.39 is 6.10 Å². The van der Waals surface area contributed by atoms with Crippen LogP contribution in [0.4, 0.5) is 0 Å². The molecule has 1 atom stereocenters. The minimum absolute atomic E-state index is 0.135. The molecule has 1 amide bonds. The zero-order valence-electron chi connectivity index (χ0n) is 9.94. The second-order valence-corrected chi connectivity index (χ2v) is 5.21. The Labute approximate surface area is 114 Å². The van der Waals surface area contributed by atoms with Gasteiger partial charge in [-0.1, -0.05) is 15.9 Å². The maximum atomic E-state index is 11.7. The van der Waals surface area contributed by atoms with Crippen LogP contribution < -0.4 is 10.1 Å². The van der Waals surface area contributed by atoms with Gasteiger partial charge in [0.25, 0.3) is 5.91 Å². The van der Waals surface area contributed by atoms with Crippen LogP contribution in [0, 0.1) is 11.3 Å². The first-order valence-electron chi connectivity index (χ1n) is 5.77. The first kappa shape index (κ1) is 12.9. The van der Waals surface area contributed by atoms with Crippen LogP contribution in [0.15, 0.2) is 22.7 Å². The molecule has 1 aliphatic carbocycles. The summed E-state index contributed by atoms with van der Waals surface area (Å²) >= 11 is 3.29. The monoisotopic (exact) mass is 308 g/mol. The zero-order chi connectivity index (χ0) is 13.1. The summed E-state index contributed by atoms with van der Waals surface area (Å²) in [4.78, 5) is 11.7. The van der Waals surface area contributed by atoms with Gasteiger partial charge < -0.3 is 10.1 Å². The molecule has 1 N–H and O–H groups in total. The molecule has 1 fully saturated rings. The van der Waals surface area contributed by atoms with Crippen molar-refractivity contribution in [1.82, 2.24) is 5.32 Å². The summed E-state index contributed by atoms with van der Waals surface area (Å²) in [5.74, 6) is 0.295. The number of nitriles is 1. The number of ether oxygens (including phenoxy) is 1. The van der Waals surface area contributed by atoms with E-state index in [2.05, 4.69) is 21.2 Å². The number of carbonyl (C=O) groups is 1. The Hall–Kier alpha value is -1.54. The van der Waals surface area contributed by atoms with E-state index in [0.29, 0.717) is 17.4 Å². The predicted molar refractivity (Wildman–Crippen MR) is 70.1 cm³/mol. The first-order valence-corrected chi connectivity index (χ1v) is 6.56. The summed E-state index contributed by atoms with van der Waals surface area (Å²) < 4.78 is 6.33. The third-order valence-electron chi connectivity index (χ3n) is 2.66. The molecule has 1 unspecified atom stereocenters. The number of amides is 1. The standard InChI is InChI=1S/C13H13BrN2O2/c1-8(13(17)16-11-3-4-11)18-12-5-2-10(14)6-9(12)7-15/h2,5-6,8,11H,3-4H2,1H3,(H,16,17). The van der Waals surface area contributed by atoms with E-state index in [9.17, 15) is 4.79 Å². The van der Waals surface area contributed by atoms with Gasteiger partial charge >= 0.3 is 0 Å². The number of rotatable bonds is 4. The average molecular weight is 309 g/mol. The third-order valence-corrected chi connectivity index (χ3v) is 3.15. The first-order chi connectivity index (χ1) is 8.60. The third kappa shape index (κ3) is 3.23. The van der Waals surface area contributed by atoms with E-state index in [1.807, 2.05) is 6.07 Å². The Balaban J connectivity index is 2.03. The number of hydrogen-bond donors (Lipinski definition) is 1. The van der Waals surface area contributed by atoms with Crippen LogP contribution in [0.2, 0.25) is 0 Å². The van der Waals surface area contributed by atoms with Gasteiger partial charge in [0.05, 0.1) is 5.56 Å². The van der Waals surface area contributed by atoms with Gasteiger partial charge in [-0.15, -0.1) is 0 Å². The molecule has 4 nitrogen and oxygen atoms in total. The lowest BCUT2D eigenvalue weighted by atomic mass is 10.2. The minimum Gasteiger partial charge on any atom is -0.480 e. The quantitative estimate of drug-likeness (QED) is 0.929. The van der Waals surface area contributed by atoms with Crippen molar-refractivity contribution in [3.8, 4) is 11.8 Å². The van der Waals surface area contributed by atoms with Crippen molar-refractivity contribution >= 4 is 21.8 Å². The molecule has 0 saturated heterocycles. The van der Waals surface area contributed by atoms with E-state index in [1.54, 1.807) is 25.1 Å². The molecule has 1 saturated carbocycles. The molecule has 0 heterocycles. The highest BCUT2D eigenvalue weighted by atomic mass is 79.9. The minimum atomic E-state index is -0.598. The maximum absolute atomic E-state index is 11.7. The van der Waals surface area contributed by atoms with E-state index in [-0.39, 0.29) is 5.91 Å². The number of halogens is 1. The number of carbonyl (C=O) groups excluding carboxylic acids is 1. The fourth-order valence-corrected chi connectivity index (χ4v) is 1.84. The smallest absolute Gasteiger partial charge is 0.260 e. The highest BCUT2D eigenvalue weighted by molar-refractivity contribution is 9.10. The molecule has 18 heavy (non-hydrogen) atoms. The second kappa shape index (κ2) is 5.40. The Morgan fingerprint density at radius 3 is 2.94 bits per heavy atom. The highest BCUT2D eigenvalue weighted by Gasteiger charge is 2.26. The predicted octanol–water partition coefficient (Wildman–Crippen LogP) is 2.37. The van der Waals surface area contributed by atoms with Crippen molar-refractivity contribution in [2.45, 2.75) is 31.9 Å². The van der Waals surface area contributed by atoms with E-state index in [0.717, 1.165) is 17.3 Å². The SMILES string of the molecule is CC(Oc1ccc(Br)cc1C#N)C(=O)NC1CC1. The van der Waals surface area contributed by atoms with Gasteiger partial charge in [0.2, 0.25) is 0 Å². The lowest BCUT2D eigenvalue weighted by molar-refractivity contribution is -0.127. The normalized spacial score (nSPS) is 15.6. The summed E-state index contributed by atoms with van der Waals surface area (Å²) in [6, 6.07) is 7.49. The zero-order valence-corrected chi connectivity index (χ0v) is 11.5. The van der Waals surface area contributed by atoms with E-state index >= 15 is 0 Å². The Morgan fingerprint density at radius 2 is 2.33 bits per heavy atom. The highest BCUT2D eigenvalue weighted by Crippen LogP contribution is 2.24. The molecule has 0 spiro atoms. The lowest BCUT2D eigenvalue weighted by Crippen LogP contribution is -2.37. The van der Waals surface area contributed by atoms with Crippen molar-refractivity contribution in [2.24, 2.45) is 0 Å². The average Bonchev–Trinajstić information content (AvgIpc) is 3.15. The van der Waals surface area contributed by atoms with Crippen molar-refractivity contribution in [1.29, 1.82) is 5.26 Å². The van der Waals surface area contributed by atoms with E-state index in [1.165, 1.54) is 0 Å². The van der Waals surface area contributed by atoms with Crippen molar-refractivity contribution in [2.75, 3.05) is 0 Å². The summed E-state index contributed by atoms with van der Waals surface area (Å²) in [5, 5.41) is 11.9. The molecule has 94 valence electrons. The molecule has 0 aliphatic heterocycles.